The first-order valence-corrected chi connectivity index (χ1v) is 13.9. The molecule has 0 saturated carbocycles. The average Bonchev–Trinajstić information content (AvgIpc) is 3.23. The van der Waals surface area contributed by atoms with E-state index in [0.717, 1.165) is 12.8 Å². The number of aliphatic hydroxyl groups is 2. The average molecular weight is 543 g/mol. The fraction of sp³-hybridized carbons (Fsp3) is 0.769. The maximum Gasteiger partial charge on any atom is 0.329 e. The van der Waals surface area contributed by atoms with Crippen molar-refractivity contribution in [3.63, 3.8) is 0 Å². The predicted molar refractivity (Wildman–Crippen MR) is 151 cm³/mol. The van der Waals surface area contributed by atoms with Crippen LogP contribution in [0.4, 0.5) is 0 Å². The molecule has 0 aliphatic rings. The van der Waals surface area contributed by atoms with Gasteiger partial charge in [-0.25, -0.2) is 9.59 Å². The maximum atomic E-state index is 12.5. The van der Waals surface area contributed by atoms with Crippen molar-refractivity contribution in [2.75, 3.05) is 0 Å². The van der Waals surface area contributed by atoms with E-state index in [2.05, 4.69) is 53.0 Å². The summed E-state index contributed by atoms with van der Waals surface area (Å²) in [6.07, 6.45) is 6.31. The van der Waals surface area contributed by atoms with E-state index in [1.165, 1.54) is 0 Å². The van der Waals surface area contributed by atoms with Crippen LogP contribution >= 0.6 is 25.3 Å². The van der Waals surface area contributed by atoms with Crippen molar-refractivity contribution in [3.8, 4) is 0 Å². The Kier molecular flexibility index (Phi) is 11.1. The molecular formula is C26H46N4O4S2. The van der Waals surface area contributed by atoms with E-state index in [1.54, 1.807) is 30.7 Å². The van der Waals surface area contributed by atoms with Crippen LogP contribution in [0.3, 0.4) is 0 Å². The summed E-state index contributed by atoms with van der Waals surface area (Å²) < 4.78 is 6.67. The Morgan fingerprint density at radius 1 is 0.722 bits per heavy atom. The van der Waals surface area contributed by atoms with Gasteiger partial charge in [0.2, 0.25) is 0 Å². The fourth-order valence-corrected chi connectivity index (χ4v) is 5.18. The Morgan fingerprint density at radius 2 is 1.06 bits per heavy atom. The van der Waals surface area contributed by atoms with Gasteiger partial charge in [0.15, 0.2) is 0 Å². The van der Waals surface area contributed by atoms with Crippen LogP contribution in [0.5, 0.6) is 0 Å². The van der Waals surface area contributed by atoms with Crippen LogP contribution in [0, 0.1) is 10.8 Å². The molecule has 0 bridgehead atoms. The quantitative estimate of drug-likeness (QED) is 0.256. The predicted octanol–water partition coefficient (Wildman–Crippen LogP) is 4.05. The molecule has 2 aromatic heterocycles. The molecule has 36 heavy (non-hydrogen) atoms. The van der Waals surface area contributed by atoms with Crippen LogP contribution in [-0.4, -0.2) is 40.7 Å². The number of aromatic nitrogens is 4. The number of thiol groups is 2. The summed E-state index contributed by atoms with van der Waals surface area (Å²) >= 11 is 8.89. The molecule has 0 saturated heterocycles. The third-order valence-corrected chi connectivity index (χ3v) is 7.76. The number of hydrogen-bond donors (Lipinski definition) is 4. The Morgan fingerprint density at radius 3 is 1.33 bits per heavy atom. The van der Waals surface area contributed by atoms with E-state index in [9.17, 15) is 19.8 Å². The molecule has 0 radical (unpaired) electrons. The van der Waals surface area contributed by atoms with E-state index < -0.39 is 12.2 Å². The van der Waals surface area contributed by atoms with Gasteiger partial charge in [-0.05, 0) is 63.2 Å². The molecule has 0 aliphatic carbocycles. The Bertz CT molecular complexity index is 1010. The zero-order chi connectivity index (χ0) is 27.3. The summed E-state index contributed by atoms with van der Waals surface area (Å²) in [6, 6.07) is 0. The first kappa shape index (κ1) is 30.9. The second kappa shape index (κ2) is 12.9. The highest BCUT2D eigenvalue weighted by Gasteiger charge is 2.25. The lowest BCUT2D eigenvalue weighted by Gasteiger charge is -2.27. The Hall–Kier alpha value is -1.36. The molecule has 0 amide bonds. The van der Waals surface area contributed by atoms with E-state index in [0.29, 0.717) is 61.9 Å². The molecule has 2 unspecified atom stereocenters. The van der Waals surface area contributed by atoms with Gasteiger partial charge in [-0.1, -0.05) is 27.7 Å². The molecule has 2 aromatic rings. The second-order valence-electron chi connectivity index (χ2n) is 11.6. The third-order valence-electron chi connectivity index (χ3n) is 7.04. The van der Waals surface area contributed by atoms with Gasteiger partial charge in [0.1, 0.15) is 0 Å². The van der Waals surface area contributed by atoms with Crippen molar-refractivity contribution in [1.82, 2.24) is 18.3 Å². The summed E-state index contributed by atoms with van der Waals surface area (Å²) in [4.78, 5) is 24.9. The first-order valence-electron chi connectivity index (χ1n) is 13.0. The molecule has 2 N–H and O–H groups in total. The minimum Gasteiger partial charge on any atom is -0.393 e. The standard InChI is InChI=1S/C26H46N4O4S2/c1-7-27-15-21(35)29(23(27)33)17-25(3,4)13-11-19(31)9-10-20(32)12-14-26(5,6)18-30-22(36)16-28(8-2)24(30)34/h15-16,19-20,31-32,35-36H,7-14,17-18H2,1-6H3. The molecule has 10 heteroatoms. The molecule has 0 aromatic carbocycles. The van der Waals surface area contributed by atoms with Crippen molar-refractivity contribution < 1.29 is 10.2 Å². The van der Waals surface area contributed by atoms with Gasteiger partial charge in [0.05, 0.1) is 22.3 Å². The summed E-state index contributed by atoms with van der Waals surface area (Å²) in [6.45, 7) is 14.5. The smallest absolute Gasteiger partial charge is 0.329 e. The van der Waals surface area contributed by atoms with Crippen LogP contribution in [0.25, 0.3) is 0 Å². The molecule has 0 aliphatic heterocycles. The molecular weight excluding hydrogens is 496 g/mol. The molecule has 2 atom stereocenters. The molecule has 206 valence electrons. The van der Waals surface area contributed by atoms with Gasteiger partial charge < -0.3 is 10.2 Å². The normalized spacial score (nSPS) is 14.4. The Labute approximate surface area is 226 Å². The number of hydrogen-bond acceptors (Lipinski definition) is 6. The zero-order valence-corrected chi connectivity index (χ0v) is 24.6. The number of aryl methyl sites for hydroxylation is 2. The van der Waals surface area contributed by atoms with E-state index in [4.69, 9.17) is 0 Å². The van der Waals surface area contributed by atoms with Crippen LogP contribution in [0.1, 0.15) is 80.1 Å². The minimum atomic E-state index is -0.501. The van der Waals surface area contributed by atoms with Crippen molar-refractivity contribution >= 4 is 25.3 Å². The topological polar surface area (TPSA) is 94.3 Å². The van der Waals surface area contributed by atoms with Crippen LogP contribution in [0.2, 0.25) is 0 Å². The van der Waals surface area contributed by atoms with Crippen molar-refractivity contribution in [2.24, 2.45) is 10.8 Å². The summed E-state index contributed by atoms with van der Waals surface area (Å²) in [7, 11) is 0. The monoisotopic (exact) mass is 542 g/mol. The lowest BCUT2D eigenvalue weighted by atomic mass is 9.84. The van der Waals surface area contributed by atoms with Gasteiger partial charge in [0, 0.05) is 38.6 Å². The van der Waals surface area contributed by atoms with Crippen molar-refractivity contribution in [3.05, 3.63) is 33.4 Å². The largest absolute Gasteiger partial charge is 0.393 e. The highest BCUT2D eigenvalue weighted by atomic mass is 32.1. The summed E-state index contributed by atoms with van der Waals surface area (Å²) in [5.41, 5.74) is -0.460. The molecule has 2 heterocycles. The molecule has 2 rings (SSSR count). The van der Waals surface area contributed by atoms with Crippen molar-refractivity contribution in [2.45, 2.75) is 129 Å². The van der Waals surface area contributed by atoms with E-state index in [1.807, 2.05) is 13.8 Å². The number of nitrogens with zero attached hydrogens (tertiary/aromatic N) is 4. The minimum absolute atomic E-state index is 0.0550. The zero-order valence-electron chi connectivity index (χ0n) is 22.8. The lowest BCUT2D eigenvalue weighted by Crippen LogP contribution is -2.31. The SMILES string of the molecule is CCn1cc(S)n(CC(C)(C)CCC(O)CCC(O)CCC(C)(C)Cn2c(S)cn(CC)c2=O)c1=O. The molecule has 0 spiro atoms. The van der Waals surface area contributed by atoms with Gasteiger partial charge >= 0.3 is 11.4 Å². The highest BCUT2D eigenvalue weighted by molar-refractivity contribution is 7.80. The number of aliphatic hydroxyl groups excluding tert-OH is 2. The van der Waals surface area contributed by atoms with E-state index >= 15 is 0 Å². The highest BCUT2D eigenvalue weighted by Crippen LogP contribution is 2.29. The van der Waals surface area contributed by atoms with Crippen LogP contribution in [0.15, 0.2) is 32.0 Å². The van der Waals surface area contributed by atoms with E-state index in [-0.39, 0.29) is 22.2 Å². The number of imidazole rings is 2. The second-order valence-corrected chi connectivity index (χ2v) is 12.5. The Balaban J connectivity index is 1.78. The van der Waals surface area contributed by atoms with Gasteiger partial charge in [-0.3, -0.25) is 18.3 Å². The third kappa shape index (κ3) is 8.60. The van der Waals surface area contributed by atoms with Crippen LogP contribution < -0.4 is 11.4 Å². The lowest BCUT2D eigenvalue weighted by molar-refractivity contribution is 0.0845. The maximum absolute atomic E-state index is 12.5. The van der Waals surface area contributed by atoms with Gasteiger partial charge in [-0.2, -0.15) is 0 Å². The van der Waals surface area contributed by atoms with Gasteiger partial charge in [0.25, 0.3) is 0 Å². The molecule has 0 fully saturated rings. The van der Waals surface area contributed by atoms with Crippen LogP contribution in [-0.2, 0) is 26.2 Å². The summed E-state index contributed by atoms with van der Waals surface area (Å²) in [5.74, 6) is 0. The number of rotatable bonds is 15. The van der Waals surface area contributed by atoms with Crippen molar-refractivity contribution in [1.29, 1.82) is 0 Å². The summed E-state index contributed by atoms with van der Waals surface area (Å²) in [5, 5.41) is 22.4. The first-order chi connectivity index (χ1) is 16.7. The molecule has 8 nitrogen and oxygen atoms in total. The fourth-order valence-electron chi connectivity index (χ4n) is 4.59. The van der Waals surface area contributed by atoms with Gasteiger partial charge in [-0.15, -0.1) is 25.3 Å².